The Labute approximate surface area is 280 Å². The smallest absolute Gasteiger partial charge is 0.347 e. The number of nitrogens with one attached hydrogen (secondary N) is 1. The highest BCUT2D eigenvalue weighted by Crippen LogP contribution is 2.44. The third-order valence-electron chi connectivity index (χ3n) is 7.36. The van der Waals surface area contributed by atoms with Crippen LogP contribution in [-0.4, -0.2) is 75.3 Å². The van der Waals surface area contributed by atoms with Gasteiger partial charge in [-0.3, -0.25) is 14.4 Å². The first-order chi connectivity index (χ1) is 22.4. The molecule has 3 atom stereocenters. The van der Waals surface area contributed by atoms with Crippen molar-refractivity contribution in [2.45, 2.75) is 43.9 Å². The van der Waals surface area contributed by atoms with Crippen molar-refractivity contribution in [1.82, 2.24) is 15.2 Å². The standard InChI is InChI=1S/C33H35N5O7S2/c1-5-33(30(42)44-26(20-12-8-6-9-13-20)21-14-10-7-11-15-21)18-38-28(41)25(29(38)47-19-33)36-27(40)24(22-17-46-31(34)35-22)37-43-16-23(39)45-32(2,3)4/h5-15,17,25-26,29H,1,16,18-19H2,2-4H3,(H2,34,35)(H,36,40)/t25?,29-,33?/m1/s1. The van der Waals surface area contributed by atoms with Crippen LogP contribution in [0.2, 0.25) is 0 Å². The molecule has 14 heteroatoms. The number of β-lactam (4-membered cyclic amide) rings is 1. The number of anilines is 1. The second kappa shape index (κ2) is 14.0. The van der Waals surface area contributed by atoms with Gasteiger partial charge in [-0.2, -0.15) is 0 Å². The molecule has 2 fully saturated rings. The number of benzene rings is 2. The van der Waals surface area contributed by atoms with Gasteiger partial charge in [-0.1, -0.05) is 71.9 Å². The topological polar surface area (TPSA) is 163 Å². The highest BCUT2D eigenvalue weighted by molar-refractivity contribution is 8.00. The number of thiazole rings is 1. The Morgan fingerprint density at radius 1 is 1.15 bits per heavy atom. The fourth-order valence-electron chi connectivity index (χ4n) is 5.06. The molecule has 2 aliphatic heterocycles. The van der Waals surface area contributed by atoms with Crippen molar-refractivity contribution >= 4 is 57.7 Å². The van der Waals surface area contributed by atoms with E-state index in [1.165, 1.54) is 28.1 Å². The van der Waals surface area contributed by atoms with Crippen LogP contribution in [0, 0.1) is 5.41 Å². The Bertz CT molecular complexity index is 1640. The Hall–Kier alpha value is -4.69. The number of hydrogen-bond donors (Lipinski definition) is 2. The molecule has 2 unspecified atom stereocenters. The molecule has 0 spiro atoms. The Balaban J connectivity index is 1.27. The van der Waals surface area contributed by atoms with Gasteiger partial charge < -0.3 is 30.3 Å². The van der Waals surface area contributed by atoms with E-state index in [1.807, 2.05) is 60.7 Å². The van der Waals surface area contributed by atoms with Crippen LogP contribution in [0.1, 0.15) is 43.7 Å². The van der Waals surface area contributed by atoms with Crippen LogP contribution in [0.25, 0.3) is 0 Å². The number of carbonyl (C=O) groups excluding carboxylic acids is 4. The third kappa shape index (κ3) is 7.66. The lowest BCUT2D eigenvalue weighted by Gasteiger charge is -2.53. The summed E-state index contributed by atoms with van der Waals surface area (Å²) in [6.45, 7) is 8.55. The van der Waals surface area contributed by atoms with Gasteiger partial charge in [0.05, 0.1) is 0 Å². The van der Waals surface area contributed by atoms with E-state index in [4.69, 9.17) is 20.0 Å². The molecule has 0 aliphatic carbocycles. The molecule has 2 aliphatic rings. The predicted octanol–water partition coefficient (Wildman–Crippen LogP) is 3.69. The molecular formula is C33H35N5O7S2. The lowest BCUT2D eigenvalue weighted by Crippen LogP contribution is -2.73. The minimum atomic E-state index is -1.17. The van der Waals surface area contributed by atoms with Gasteiger partial charge in [-0.05, 0) is 31.9 Å². The van der Waals surface area contributed by atoms with Crippen molar-refractivity contribution in [2.75, 3.05) is 24.6 Å². The summed E-state index contributed by atoms with van der Waals surface area (Å²) < 4.78 is 11.3. The number of rotatable bonds is 11. The summed E-state index contributed by atoms with van der Waals surface area (Å²) in [5, 5.41) is 7.80. The maximum atomic E-state index is 13.8. The summed E-state index contributed by atoms with van der Waals surface area (Å²) in [5.74, 6) is -2.04. The van der Waals surface area contributed by atoms with Gasteiger partial charge in [-0.25, -0.2) is 9.78 Å². The molecule has 0 saturated carbocycles. The number of nitrogen functional groups attached to an aromatic ring is 1. The summed E-state index contributed by atoms with van der Waals surface area (Å²) in [7, 11) is 0. The molecule has 12 nitrogen and oxygen atoms in total. The number of carbonyl (C=O) groups is 4. The average Bonchev–Trinajstić information content (AvgIpc) is 3.49. The van der Waals surface area contributed by atoms with E-state index in [9.17, 15) is 19.2 Å². The number of amides is 2. The van der Waals surface area contributed by atoms with Crippen molar-refractivity contribution in [3.05, 3.63) is 95.5 Å². The van der Waals surface area contributed by atoms with E-state index < -0.39 is 53.0 Å². The molecule has 1 aromatic heterocycles. The van der Waals surface area contributed by atoms with E-state index in [-0.39, 0.29) is 34.7 Å². The van der Waals surface area contributed by atoms with Gasteiger partial charge >= 0.3 is 11.9 Å². The molecule has 0 bridgehead atoms. The minimum absolute atomic E-state index is 0.0388. The summed E-state index contributed by atoms with van der Waals surface area (Å²) in [4.78, 5) is 63.4. The zero-order valence-electron chi connectivity index (χ0n) is 26.1. The van der Waals surface area contributed by atoms with Crippen molar-refractivity contribution < 1.29 is 33.5 Å². The second-order valence-electron chi connectivity index (χ2n) is 12.0. The molecule has 3 aromatic rings. The summed E-state index contributed by atoms with van der Waals surface area (Å²) in [5.41, 5.74) is 5.34. The SMILES string of the molecule is C=CC1(C(=O)OC(c2ccccc2)c2ccccc2)CS[C@@H]2C(NC(=O)C(=NOCC(=O)OC(C)(C)C)c3csc(N)n3)C(=O)N2C1. The van der Waals surface area contributed by atoms with Crippen LogP contribution in [0.15, 0.2) is 83.9 Å². The van der Waals surface area contributed by atoms with Crippen LogP contribution < -0.4 is 11.1 Å². The van der Waals surface area contributed by atoms with Gasteiger partial charge in [0.1, 0.15) is 28.1 Å². The van der Waals surface area contributed by atoms with Gasteiger partial charge in [0, 0.05) is 17.7 Å². The van der Waals surface area contributed by atoms with Gasteiger partial charge in [0.25, 0.3) is 5.91 Å². The Morgan fingerprint density at radius 3 is 2.34 bits per heavy atom. The molecule has 246 valence electrons. The monoisotopic (exact) mass is 677 g/mol. The van der Waals surface area contributed by atoms with E-state index in [0.29, 0.717) is 0 Å². The van der Waals surface area contributed by atoms with Gasteiger partial charge in [-0.15, -0.1) is 29.7 Å². The molecule has 2 aromatic carbocycles. The zero-order chi connectivity index (χ0) is 33.8. The molecule has 2 saturated heterocycles. The summed E-state index contributed by atoms with van der Waals surface area (Å²) in [6.07, 6.45) is 0.878. The highest BCUT2D eigenvalue weighted by Gasteiger charge is 2.57. The van der Waals surface area contributed by atoms with Gasteiger partial charge in [0.2, 0.25) is 12.5 Å². The van der Waals surface area contributed by atoms with Crippen LogP contribution >= 0.6 is 23.1 Å². The number of esters is 2. The van der Waals surface area contributed by atoms with E-state index in [0.717, 1.165) is 22.5 Å². The molecule has 47 heavy (non-hydrogen) atoms. The van der Waals surface area contributed by atoms with Crippen molar-refractivity contribution in [1.29, 1.82) is 0 Å². The molecular weight excluding hydrogens is 643 g/mol. The predicted molar refractivity (Wildman–Crippen MR) is 178 cm³/mol. The van der Waals surface area contributed by atoms with E-state index in [2.05, 4.69) is 22.0 Å². The van der Waals surface area contributed by atoms with Gasteiger partial charge in [0.15, 0.2) is 16.9 Å². The van der Waals surface area contributed by atoms with Crippen molar-refractivity contribution in [3.63, 3.8) is 0 Å². The fourth-order valence-corrected chi connectivity index (χ4v) is 7.14. The third-order valence-corrected chi connectivity index (χ3v) is 9.58. The van der Waals surface area contributed by atoms with Crippen molar-refractivity contribution in [3.8, 4) is 0 Å². The Kier molecular flexibility index (Phi) is 10.0. The normalized spacial score (nSPS) is 20.9. The van der Waals surface area contributed by atoms with Crippen LogP contribution in [0.4, 0.5) is 5.13 Å². The number of nitrogens with zero attached hydrogens (tertiary/aromatic N) is 3. The molecule has 3 heterocycles. The quantitative estimate of drug-likeness (QED) is 0.101. The van der Waals surface area contributed by atoms with Crippen LogP contribution in [0.5, 0.6) is 0 Å². The lowest BCUT2D eigenvalue weighted by atomic mass is 9.87. The number of fused-ring (bicyclic) bond motifs is 1. The first-order valence-corrected chi connectivity index (χ1v) is 16.6. The fraction of sp³-hybridized carbons (Fsp3) is 0.333. The zero-order valence-corrected chi connectivity index (χ0v) is 27.7. The van der Waals surface area contributed by atoms with Crippen LogP contribution in [0.3, 0.4) is 0 Å². The molecule has 2 amide bonds. The van der Waals surface area contributed by atoms with E-state index >= 15 is 0 Å². The van der Waals surface area contributed by atoms with Crippen LogP contribution in [-0.2, 0) is 33.5 Å². The highest BCUT2D eigenvalue weighted by atomic mass is 32.2. The maximum Gasteiger partial charge on any atom is 0.347 e. The largest absolute Gasteiger partial charge is 0.457 e. The Morgan fingerprint density at radius 2 is 1.79 bits per heavy atom. The lowest BCUT2D eigenvalue weighted by molar-refractivity contribution is -0.162. The molecule has 3 N–H and O–H groups in total. The number of nitrogens with two attached hydrogens (primary N) is 1. The number of thioether (sulfide) groups is 1. The number of ether oxygens (including phenoxy) is 2. The number of hydrogen-bond acceptors (Lipinski definition) is 12. The first-order valence-electron chi connectivity index (χ1n) is 14.7. The number of oxime groups is 1. The minimum Gasteiger partial charge on any atom is -0.457 e. The summed E-state index contributed by atoms with van der Waals surface area (Å²) in [6, 6.07) is 18.0. The summed E-state index contributed by atoms with van der Waals surface area (Å²) >= 11 is 2.42. The van der Waals surface area contributed by atoms with E-state index in [1.54, 1.807) is 20.8 Å². The average molecular weight is 678 g/mol. The number of aromatic nitrogens is 1. The maximum absolute atomic E-state index is 13.8. The molecule has 0 radical (unpaired) electrons. The molecule has 5 rings (SSSR count). The van der Waals surface area contributed by atoms with Crippen molar-refractivity contribution in [2.24, 2.45) is 10.6 Å². The first kappa shape index (κ1) is 33.7. The second-order valence-corrected chi connectivity index (χ2v) is 14.0.